The van der Waals surface area contributed by atoms with E-state index in [1.165, 1.54) is 22.7 Å². The predicted octanol–water partition coefficient (Wildman–Crippen LogP) is 5.80. The average Bonchev–Trinajstić information content (AvgIpc) is 2.51. The van der Waals surface area contributed by atoms with Gasteiger partial charge in [-0.1, -0.05) is 85.9 Å². The van der Waals surface area contributed by atoms with Crippen LogP contribution in [0.5, 0.6) is 0 Å². The van der Waals surface area contributed by atoms with Crippen LogP contribution in [-0.4, -0.2) is 8.07 Å². The van der Waals surface area contributed by atoms with Crippen molar-refractivity contribution < 1.29 is 0 Å². The second kappa shape index (κ2) is 8.28. The third-order valence-corrected chi connectivity index (χ3v) is 5.43. The molecule has 0 heterocycles. The first kappa shape index (κ1) is 17.7. The zero-order chi connectivity index (χ0) is 16.7. The normalized spacial score (nSPS) is 12.8. The monoisotopic (exact) mass is 323 g/mol. The molecule has 1 unspecified atom stereocenters. The third-order valence-electron chi connectivity index (χ3n) is 3.87. The Hall–Kier alpha value is -1.64. The second-order valence-electron chi connectivity index (χ2n) is 7.52. The molecule has 0 saturated heterocycles. The van der Waals surface area contributed by atoms with Crippen molar-refractivity contribution in [3.63, 3.8) is 0 Å². The van der Waals surface area contributed by atoms with Crippen molar-refractivity contribution in [2.75, 3.05) is 0 Å². The van der Waals surface area contributed by atoms with E-state index in [2.05, 4.69) is 92.2 Å². The van der Waals surface area contributed by atoms with E-state index in [0.717, 1.165) is 13.0 Å². The highest BCUT2D eigenvalue weighted by molar-refractivity contribution is 6.76. The smallest absolute Gasteiger partial charge is 0.0483 e. The molecular weight excluding hydrogens is 294 g/mol. The lowest BCUT2D eigenvalue weighted by atomic mass is 10.00. The Morgan fingerprint density at radius 1 is 0.957 bits per heavy atom. The van der Waals surface area contributed by atoms with Crippen molar-refractivity contribution >= 4 is 8.07 Å². The first-order valence-corrected chi connectivity index (χ1v) is 12.1. The van der Waals surface area contributed by atoms with Crippen LogP contribution in [0.3, 0.4) is 0 Å². The van der Waals surface area contributed by atoms with Gasteiger partial charge in [0, 0.05) is 20.7 Å². The van der Waals surface area contributed by atoms with Crippen LogP contribution in [0.1, 0.15) is 23.6 Å². The summed E-state index contributed by atoms with van der Waals surface area (Å²) >= 11 is 0. The molecule has 1 N–H and O–H groups in total. The van der Waals surface area contributed by atoms with E-state index in [1.54, 1.807) is 0 Å². The molecule has 0 aliphatic heterocycles. The number of hydrogen-bond donors (Lipinski definition) is 1. The van der Waals surface area contributed by atoms with Crippen LogP contribution in [0.2, 0.25) is 25.7 Å². The fourth-order valence-electron chi connectivity index (χ4n) is 2.94. The maximum Gasteiger partial charge on any atom is 0.0483 e. The number of benzene rings is 2. The number of hydrogen-bond acceptors (Lipinski definition) is 1. The standard InChI is InChI=1S/C21H29NSi/c1-18(17-23(2,3)4)15-21(20-13-9-6-10-14-20)22-16-19-11-7-5-8-12-19/h5-14,21-22H,1,15-17H2,2-4H3. The maximum atomic E-state index is 4.36. The van der Waals surface area contributed by atoms with Crippen molar-refractivity contribution in [1.29, 1.82) is 0 Å². The van der Waals surface area contributed by atoms with E-state index in [1.807, 2.05) is 0 Å². The SMILES string of the molecule is C=C(CC(NCc1ccccc1)c1ccccc1)C[Si](C)(C)C. The van der Waals surface area contributed by atoms with Gasteiger partial charge in [0.15, 0.2) is 0 Å². The Bertz CT molecular complexity index is 599. The van der Waals surface area contributed by atoms with Crippen LogP contribution < -0.4 is 5.32 Å². The van der Waals surface area contributed by atoms with Gasteiger partial charge in [0.05, 0.1) is 0 Å². The fourth-order valence-corrected chi connectivity index (χ4v) is 4.59. The van der Waals surface area contributed by atoms with Crippen molar-refractivity contribution in [3.8, 4) is 0 Å². The van der Waals surface area contributed by atoms with Crippen LogP contribution >= 0.6 is 0 Å². The zero-order valence-corrected chi connectivity index (χ0v) is 15.7. The highest BCUT2D eigenvalue weighted by Gasteiger charge is 2.18. The molecule has 0 saturated carbocycles. The molecule has 0 bridgehead atoms. The molecule has 0 aromatic heterocycles. The maximum absolute atomic E-state index is 4.36. The van der Waals surface area contributed by atoms with E-state index >= 15 is 0 Å². The number of rotatable bonds is 8. The highest BCUT2D eigenvalue weighted by atomic mass is 28.3. The van der Waals surface area contributed by atoms with Crippen LogP contribution in [-0.2, 0) is 6.54 Å². The molecular formula is C21H29NSi. The number of nitrogens with one attached hydrogen (secondary N) is 1. The van der Waals surface area contributed by atoms with Gasteiger partial charge in [-0.25, -0.2) is 0 Å². The summed E-state index contributed by atoms with van der Waals surface area (Å²) in [7, 11) is -1.10. The molecule has 2 rings (SSSR count). The van der Waals surface area contributed by atoms with E-state index < -0.39 is 8.07 Å². The summed E-state index contributed by atoms with van der Waals surface area (Å²) in [6.07, 6.45) is 1.01. The Labute approximate surface area is 142 Å². The average molecular weight is 324 g/mol. The van der Waals surface area contributed by atoms with Gasteiger partial charge in [-0.15, -0.1) is 6.58 Å². The summed E-state index contributed by atoms with van der Waals surface area (Å²) in [5.74, 6) is 0. The predicted molar refractivity (Wildman–Crippen MR) is 104 cm³/mol. The molecule has 2 aromatic carbocycles. The van der Waals surface area contributed by atoms with Gasteiger partial charge in [0.25, 0.3) is 0 Å². The van der Waals surface area contributed by atoms with Crippen LogP contribution in [0.15, 0.2) is 72.8 Å². The van der Waals surface area contributed by atoms with Gasteiger partial charge in [0.2, 0.25) is 0 Å². The van der Waals surface area contributed by atoms with Crippen molar-refractivity contribution in [2.45, 2.75) is 44.7 Å². The molecule has 1 atom stereocenters. The Morgan fingerprint density at radius 2 is 1.52 bits per heavy atom. The lowest BCUT2D eigenvalue weighted by molar-refractivity contribution is 0.528. The Morgan fingerprint density at radius 3 is 2.09 bits per heavy atom. The topological polar surface area (TPSA) is 12.0 Å². The lowest BCUT2D eigenvalue weighted by Crippen LogP contribution is -2.24. The molecule has 1 nitrogen and oxygen atoms in total. The quantitative estimate of drug-likeness (QED) is 0.478. The molecule has 2 aromatic rings. The molecule has 0 aliphatic rings. The van der Waals surface area contributed by atoms with Crippen LogP contribution in [0.25, 0.3) is 0 Å². The van der Waals surface area contributed by atoms with Crippen molar-refractivity contribution in [2.24, 2.45) is 0 Å². The van der Waals surface area contributed by atoms with E-state index in [0.29, 0.717) is 6.04 Å². The van der Waals surface area contributed by atoms with E-state index in [-0.39, 0.29) is 0 Å². The van der Waals surface area contributed by atoms with Gasteiger partial charge < -0.3 is 5.32 Å². The Kier molecular flexibility index (Phi) is 6.37. The second-order valence-corrected chi connectivity index (χ2v) is 13.0. The van der Waals surface area contributed by atoms with Crippen LogP contribution in [0.4, 0.5) is 0 Å². The minimum absolute atomic E-state index is 0.334. The largest absolute Gasteiger partial charge is 0.306 e. The minimum Gasteiger partial charge on any atom is -0.306 e. The van der Waals surface area contributed by atoms with Gasteiger partial charge in [-0.05, 0) is 23.6 Å². The molecule has 0 fully saturated rings. The molecule has 2 heteroatoms. The zero-order valence-electron chi connectivity index (χ0n) is 14.7. The van der Waals surface area contributed by atoms with E-state index in [4.69, 9.17) is 0 Å². The van der Waals surface area contributed by atoms with E-state index in [9.17, 15) is 0 Å². The summed E-state index contributed by atoms with van der Waals surface area (Å²) in [5.41, 5.74) is 4.04. The first-order valence-electron chi connectivity index (χ1n) is 8.43. The van der Waals surface area contributed by atoms with Gasteiger partial charge in [-0.3, -0.25) is 0 Å². The van der Waals surface area contributed by atoms with Gasteiger partial charge in [-0.2, -0.15) is 0 Å². The minimum atomic E-state index is -1.10. The van der Waals surface area contributed by atoms with Gasteiger partial charge >= 0.3 is 0 Å². The molecule has 0 spiro atoms. The lowest BCUT2D eigenvalue weighted by Gasteiger charge is -2.24. The third kappa shape index (κ3) is 6.55. The molecule has 23 heavy (non-hydrogen) atoms. The van der Waals surface area contributed by atoms with Crippen LogP contribution in [0, 0.1) is 0 Å². The fraction of sp³-hybridized carbons (Fsp3) is 0.333. The summed E-state index contributed by atoms with van der Waals surface area (Å²) in [6, 6.07) is 22.9. The summed E-state index contributed by atoms with van der Waals surface area (Å²) < 4.78 is 0. The molecule has 0 aliphatic carbocycles. The molecule has 0 amide bonds. The van der Waals surface area contributed by atoms with Gasteiger partial charge in [0.1, 0.15) is 0 Å². The molecule has 122 valence electrons. The van der Waals surface area contributed by atoms with Crippen molar-refractivity contribution in [3.05, 3.63) is 83.9 Å². The summed E-state index contributed by atoms with van der Waals surface area (Å²) in [5, 5.41) is 3.72. The van der Waals surface area contributed by atoms with Crippen molar-refractivity contribution in [1.82, 2.24) is 5.32 Å². The Balaban J connectivity index is 2.05. The summed E-state index contributed by atoms with van der Waals surface area (Å²) in [6.45, 7) is 12.5. The molecule has 0 radical (unpaired) electrons. The summed E-state index contributed by atoms with van der Waals surface area (Å²) in [4.78, 5) is 0. The first-order chi connectivity index (χ1) is 10.9. The highest BCUT2D eigenvalue weighted by Crippen LogP contribution is 2.26.